The van der Waals surface area contributed by atoms with Gasteiger partial charge in [-0.3, -0.25) is 0 Å². The van der Waals surface area contributed by atoms with Crippen molar-refractivity contribution in [2.45, 2.75) is 12.5 Å². The van der Waals surface area contributed by atoms with E-state index in [1.165, 1.54) is 4.88 Å². The normalized spacial score (nSPS) is 12.9. The fourth-order valence-electron chi connectivity index (χ4n) is 1.63. The smallest absolute Gasteiger partial charge is 0.0947 e. The zero-order valence-corrected chi connectivity index (χ0v) is 10.8. The summed E-state index contributed by atoms with van der Waals surface area (Å²) in [5.41, 5.74) is 1.06. The van der Waals surface area contributed by atoms with E-state index in [9.17, 15) is 0 Å². The van der Waals surface area contributed by atoms with E-state index in [-0.39, 0.29) is 6.04 Å². The number of nitrogens with one attached hydrogen (secondary N) is 1. The summed E-state index contributed by atoms with van der Waals surface area (Å²) in [6.45, 7) is 0. The molecule has 0 saturated heterocycles. The Balaban J connectivity index is 2.12. The fourth-order valence-corrected chi connectivity index (χ4v) is 2.76. The second kappa shape index (κ2) is 4.99. The van der Waals surface area contributed by atoms with Crippen LogP contribution in [0.25, 0.3) is 0 Å². The molecule has 0 bridgehead atoms. The fraction of sp³-hybridized carbons (Fsp3) is 0.364. The molecule has 0 aliphatic heterocycles. The third kappa shape index (κ3) is 2.64. The molecule has 16 heavy (non-hydrogen) atoms. The summed E-state index contributed by atoms with van der Waals surface area (Å²) in [5.74, 6) is 0. The quantitative estimate of drug-likeness (QED) is 0.910. The Hall–Kier alpha value is -0.840. The third-order valence-electron chi connectivity index (χ3n) is 2.46. The van der Waals surface area contributed by atoms with Crippen molar-refractivity contribution in [1.82, 2.24) is 14.9 Å². The number of aryl methyl sites for hydroxylation is 1. The minimum absolute atomic E-state index is 0.246. The lowest BCUT2D eigenvalue weighted by molar-refractivity contribution is 0.582. The molecule has 2 heterocycles. The van der Waals surface area contributed by atoms with E-state index in [4.69, 9.17) is 11.6 Å². The summed E-state index contributed by atoms with van der Waals surface area (Å²) < 4.78 is 2.80. The van der Waals surface area contributed by atoms with E-state index in [1.54, 1.807) is 11.3 Å². The first-order valence-corrected chi connectivity index (χ1v) is 6.28. The molecule has 2 rings (SSSR count). The first-order valence-electron chi connectivity index (χ1n) is 5.08. The van der Waals surface area contributed by atoms with Crippen molar-refractivity contribution in [3.8, 4) is 0 Å². The SMILES string of the molecule is CNC(Cc1ccc(Cl)s1)c1cn(C)cn1. The molecule has 0 fully saturated rings. The largest absolute Gasteiger partial charge is 0.340 e. The van der Waals surface area contributed by atoms with Crippen LogP contribution < -0.4 is 5.32 Å². The lowest BCUT2D eigenvalue weighted by Crippen LogP contribution is -2.18. The molecule has 86 valence electrons. The molecule has 0 amide bonds. The number of thiophene rings is 1. The molecule has 0 saturated carbocycles. The molecule has 1 N–H and O–H groups in total. The number of halogens is 1. The topological polar surface area (TPSA) is 29.9 Å². The van der Waals surface area contributed by atoms with Crippen LogP contribution in [0.1, 0.15) is 16.6 Å². The Bertz CT molecular complexity index is 463. The van der Waals surface area contributed by atoms with Crippen LogP contribution in [0, 0.1) is 0 Å². The molecule has 5 heteroatoms. The predicted molar refractivity (Wildman–Crippen MR) is 68.0 cm³/mol. The van der Waals surface area contributed by atoms with Crippen molar-refractivity contribution in [1.29, 1.82) is 0 Å². The van der Waals surface area contributed by atoms with Gasteiger partial charge >= 0.3 is 0 Å². The predicted octanol–water partition coefficient (Wildman–Crippen LogP) is 2.64. The van der Waals surface area contributed by atoms with Gasteiger partial charge in [-0.15, -0.1) is 11.3 Å². The number of likely N-dealkylation sites (N-methyl/N-ethyl adjacent to an activating group) is 1. The highest BCUT2D eigenvalue weighted by atomic mass is 35.5. The van der Waals surface area contributed by atoms with Crippen molar-refractivity contribution < 1.29 is 0 Å². The summed E-state index contributed by atoms with van der Waals surface area (Å²) in [6.07, 6.45) is 4.78. The van der Waals surface area contributed by atoms with Crippen molar-refractivity contribution in [3.05, 3.63) is 39.6 Å². The first-order chi connectivity index (χ1) is 7.69. The molecule has 2 aromatic rings. The summed E-state index contributed by atoms with van der Waals surface area (Å²) in [5, 5.41) is 3.28. The van der Waals surface area contributed by atoms with Crippen LogP contribution in [0.3, 0.4) is 0 Å². The number of hydrogen-bond acceptors (Lipinski definition) is 3. The lowest BCUT2D eigenvalue weighted by Gasteiger charge is -2.12. The minimum Gasteiger partial charge on any atom is -0.340 e. The van der Waals surface area contributed by atoms with E-state index >= 15 is 0 Å². The highest BCUT2D eigenvalue weighted by Gasteiger charge is 2.13. The van der Waals surface area contributed by atoms with Gasteiger partial charge in [-0.1, -0.05) is 11.6 Å². The van der Waals surface area contributed by atoms with Gasteiger partial charge in [-0.25, -0.2) is 4.98 Å². The van der Waals surface area contributed by atoms with E-state index in [1.807, 2.05) is 37.3 Å². The number of imidazole rings is 1. The maximum Gasteiger partial charge on any atom is 0.0947 e. The van der Waals surface area contributed by atoms with Gasteiger partial charge < -0.3 is 9.88 Å². The number of rotatable bonds is 4. The number of aromatic nitrogens is 2. The first kappa shape index (κ1) is 11.6. The molecular formula is C11H14ClN3S. The lowest BCUT2D eigenvalue weighted by atomic mass is 10.1. The van der Waals surface area contributed by atoms with Crippen molar-refractivity contribution >= 4 is 22.9 Å². The monoisotopic (exact) mass is 255 g/mol. The molecule has 0 radical (unpaired) electrons. The van der Waals surface area contributed by atoms with Gasteiger partial charge in [0.15, 0.2) is 0 Å². The second-order valence-corrected chi connectivity index (χ2v) is 5.51. The minimum atomic E-state index is 0.246. The van der Waals surface area contributed by atoms with Gasteiger partial charge in [0.05, 0.1) is 22.4 Å². The van der Waals surface area contributed by atoms with Gasteiger partial charge in [0, 0.05) is 24.5 Å². The van der Waals surface area contributed by atoms with Crippen LogP contribution in [0.4, 0.5) is 0 Å². The molecule has 1 atom stereocenters. The van der Waals surface area contributed by atoms with Crippen molar-refractivity contribution in [2.75, 3.05) is 7.05 Å². The highest BCUT2D eigenvalue weighted by molar-refractivity contribution is 7.16. The van der Waals surface area contributed by atoms with E-state index in [0.717, 1.165) is 16.5 Å². The second-order valence-electron chi connectivity index (χ2n) is 3.72. The Morgan fingerprint density at radius 2 is 2.38 bits per heavy atom. The third-order valence-corrected chi connectivity index (χ3v) is 3.72. The Kier molecular flexibility index (Phi) is 3.63. The summed E-state index contributed by atoms with van der Waals surface area (Å²) in [6, 6.07) is 4.25. The van der Waals surface area contributed by atoms with Crippen LogP contribution >= 0.6 is 22.9 Å². The summed E-state index contributed by atoms with van der Waals surface area (Å²) >= 11 is 7.54. The maximum absolute atomic E-state index is 5.92. The molecule has 1 unspecified atom stereocenters. The van der Waals surface area contributed by atoms with Crippen LogP contribution in [-0.2, 0) is 13.5 Å². The van der Waals surface area contributed by atoms with Crippen molar-refractivity contribution in [2.24, 2.45) is 7.05 Å². The maximum atomic E-state index is 5.92. The molecule has 0 aliphatic rings. The van der Waals surface area contributed by atoms with Gasteiger partial charge in [0.1, 0.15) is 0 Å². The van der Waals surface area contributed by atoms with Crippen molar-refractivity contribution in [3.63, 3.8) is 0 Å². The van der Waals surface area contributed by atoms with E-state index in [2.05, 4.69) is 16.4 Å². The summed E-state index contributed by atoms with van der Waals surface area (Å²) in [7, 11) is 3.93. The van der Waals surface area contributed by atoms with Gasteiger partial charge in [-0.05, 0) is 19.2 Å². The molecule has 0 aliphatic carbocycles. The number of nitrogens with zero attached hydrogens (tertiary/aromatic N) is 2. The average Bonchev–Trinajstić information content (AvgIpc) is 2.84. The highest BCUT2D eigenvalue weighted by Crippen LogP contribution is 2.25. The van der Waals surface area contributed by atoms with Gasteiger partial charge in [0.25, 0.3) is 0 Å². The van der Waals surface area contributed by atoms with E-state index in [0.29, 0.717) is 0 Å². The molecule has 3 nitrogen and oxygen atoms in total. The van der Waals surface area contributed by atoms with E-state index < -0.39 is 0 Å². The molecule has 2 aromatic heterocycles. The van der Waals surface area contributed by atoms with Gasteiger partial charge in [-0.2, -0.15) is 0 Å². The Morgan fingerprint density at radius 1 is 1.56 bits per heavy atom. The molecular weight excluding hydrogens is 242 g/mol. The Labute approximate surface area is 104 Å². The van der Waals surface area contributed by atoms with Crippen LogP contribution in [0.2, 0.25) is 4.34 Å². The average molecular weight is 256 g/mol. The molecule has 0 aromatic carbocycles. The Morgan fingerprint density at radius 3 is 2.88 bits per heavy atom. The molecule has 0 spiro atoms. The standard InChI is InChI=1S/C11H14ClN3S/c1-13-9(10-6-15(2)7-14-10)5-8-3-4-11(12)16-8/h3-4,6-7,9,13H,5H2,1-2H3. The van der Waals surface area contributed by atoms with Crippen LogP contribution in [0.15, 0.2) is 24.7 Å². The van der Waals surface area contributed by atoms with Crippen LogP contribution in [-0.4, -0.2) is 16.6 Å². The summed E-state index contributed by atoms with van der Waals surface area (Å²) in [4.78, 5) is 5.64. The van der Waals surface area contributed by atoms with Crippen LogP contribution in [0.5, 0.6) is 0 Å². The van der Waals surface area contributed by atoms with Gasteiger partial charge in [0.2, 0.25) is 0 Å². The number of hydrogen-bond donors (Lipinski definition) is 1. The zero-order chi connectivity index (χ0) is 11.5. The zero-order valence-electron chi connectivity index (χ0n) is 9.27.